The maximum absolute atomic E-state index is 13.1. The highest BCUT2D eigenvalue weighted by Crippen LogP contribution is 2.40. The zero-order chi connectivity index (χ0) is 30.2. The summed E-state index contributed by atoms with van der Waals surface area (Å²) >= 11 is 12.5. The molecule has 1 amide bonds. The van der Waals surface area contributed by atoms with Gasteiger partial charge >= 0.3 is 5.97 Å². The van der Waals surface area contributed by atoms with Crippen LogP contribution in [0.3, 0.4) is 0 Å². The quantitative estimate of drug-likeness (QED) is 0.179. The van der Waals surface area contributed by atoms with Crippen LogP contribution in [0.5, 0.6) is 11.5 Å². The van der Waals surface area contributed by atoms with Crippen molar-refractivity contribution in [2.75, 3.05) is 27.4 Å². The Hall–Kier alpha value is -3.26. The minimum Gasteiger partial charge on any atom is -0.496 e. The van der Waals surface area contributed by atoms with Crippen LogP contribution in [0.2, 0.25) is 10.0 Å². The Morgan fingerprint density at radius 2 is 1.49 bits per heavy atom. The first-order valence-corrected chi connectivity index (χ1v) is 14.1. The normalized spacial score (nSPS) is 12.0. The summed E-state index contributed by atoms with van der Waals surface area (Å²) in [6, 6.07) is 15.4. The average molecular weight is 603 g/mol. The molecule has 0 aliphatic carbocycles. The van der Waals surface area contributed by atoms with E-state index in [0.29, 0.717) is 24.7 Å². The molecule has 0 bridgehead atoms. The highest BCUT2D eigenvalue weighted by atomic mass is 35.5. The van der Waals surface area contributed by atoms with E-state index in [1.54, 1.807) is 53.2 Å². The maximum Gasteiger partial charge on any atom is 0.329 e. The van der Waals surface area contributed by atoms with Gasteiger partial charge in [0.1, 0.15) is 23.1 Å². The van der Waals surface area contributed by atoms with E-state index in [1.165, 1.54) is 0 Å². The first kappa shape index (κ1) is 32.3. The topological polar surface area (TPSA) is 83.1 Å². The molecule has 0 aromatic heterocycles. The monoisotopic (exact) mass is 601 g/mol. The number of ether oxygens (including phenoxy) is 4. The van der Waals surface area contributed by atoms with E-state index >= 15 is 0 Å². The van der Waals surface area contributed by atoms with Crippen molar-refractivity contribution in [3.63, 3.8) is 0 Å². The van der Waals surface area contributed by atoms with Crippen molar-refractivity contribution in [2.24, 2.45) is 0 Å². The molecule has 0 radical (unpaired) electrons. The fourth-order valence-corrected chi connectivity index (χ4v) is 4.85. The van der Waals surface area contributed by atoms with Crippen LogP contribution in [0.4, 0.5) is 0 Å². The summed E-state index contributed by atoms with van der Waals surface area (Å²) < 4.78 is 22.5. The summed E-state index contributed by atoms with van der Waals surface area (Å²) in [5.41, 5.74) is 2.90. The molecular formula is C32H37Cl2NO6. The molecule has 0 fully saturated rings. The zero-order valence-electron chi connectivity index (χ0n) is 24.3. The smallest absolute Gasteiger partial charge is 0.329 e. The van der Waals surface area contributed by atoms with Crippen molar-refractivity contribution >= 4 is 35.1 Å². The molecule has 0 aliphatic rings. The molecule has 0 spiro atoms. The summed E-state index contributed by atoms with van der Waals surface area (Å²) in [4.78, 5) is 26.3. The number of esters is 1. The molecule has 0 saturated heterocycles. The zero-order valence-corrected chi connectivity index (χ0v) is 25.8. The number of methoxy groups -OCH3 is 2. The van der Waals surface area contributed by atoms with Gasteiger partial charge in [-0.25, -0.2) is 4.79 Å². The minimum absolute atomic E-state index is 0.101. The first-order chi connectivity index (χ1) is 19.5. The molecule has 7 nitrogen and oxygen atoms in total. The number of rotatable bonds is 12. The number of hydrogen-bond donors (Lipinski definition) is 1. The van der Waals surface area contributed by atoms with Gasteiger partial charge in [-0.2, -0.15) is 0 Å². The van der Waals surface area contributed by atoms with Gasteiger partial charge in [0.15, 0.2) is 0 Å². The van der Waals surface area contributed by atoms with Gasteiger partial charge in [0.2, 0.25) is 0 Å². The van der Waals surface area contributed by atoms with Gasteiger partial charge in [-0.15, -0.1) is 0 Å². The van der Waals surface area contributed by atoms with E-state index < -0.39 is 23.5 Å². The van der Waals surface area contributed by atoms with Crippen LogP contribution < -0.4 is 14.8 Å². The highest BCUT2D eigenvalue weighted by molar-refractivity contribution is 6.39. The van der Waals surface area contributed by atoms with E-state index in [1.807, 2.05) is 43.3 Å². The third-order valence-corrected chi connectivity index (χ3v) is 6.80. The Morgan fingerprint density at radius 3 is 2.00 bits per heavy atom. The van der Waals surface area contributed by atoms with E-state index in [-0.39, 0.29) is 22.0 Å². The van der Waals surface area contributed by atoms with E-state index in [4.69, 9.17) is 42.1 Å². The SMILES string of the molecule is CCOCCc1cc(OC)c(-c2ccc(C[C@H](NC(=O)c3c(Cl)cccc3Cl)C(=O)OC(C)(C)C)cc2)c(OC)c1. The molecule has 0 saturated carbocycles. The van der Waals surface area contributed by atoms with Crippen molar-refractivity contribution < 1.29 is 28.5 Å². The second-order valence-electron chi connectivity index (χ2n) is 10.4. The summed E-state index contributed by atoms with van der Waals surface area (Å²) in [6.07, 6.45) is 0.921. The van der Waals surface area contributed by atoms with E-state index in [9.17, 15) is 9.59 Å². The number of amides is 1. The molecule has 3 aromatic carbocycles. The molecule has 1 N–H and O–H groups in total. The lowest BCUT2D eigenvalue weighted by Crippen LogP contribution is -2.45. The molecule has 0 heterocycles. The van der Waals surface area contributed by atoms with Crippen molar-refractivity contribution in [2.45, 2.75) is 52.2 Å². The van der Waals surface area contributed by atoms with Crippen LogP contribution in [-0.2, 0) is 27.1 Å². The number of hydrogen-bond acceptors (Lipinski definition) is 6. The van der Waals surface area contributed by atoms with Gasteiger partial charge in [0.05, 0.1) is 42.0 Å². The van der Waals surface area contributed by atoms with Gasteiger partial charge in [-0.3, -0.25) is 4.79 Å². The van der Waals surface area contributed by atoms with Crippen LogP contribution in [-0.4, -0.2) is 51.0 Å². The van der Waals surface area contributed by atoms with E-state index in [0.717, 1.165) is 28.7 Å². The van der Waals surface area contributed by atoms with Crippen molar-refractivity contribution in [3.05, 3.63) is 81.3 Å². The fourth-order valence-electron chi connectivity index (χ4n) is 4.28. The lowest BCUT2D eigenvalue weighted by Gasteiger charge is -2.25. The molecule has 1 atom stereocenters. The summed E-state index contributed by atoms with van der Waals surface area (Å²) in [7, 11) is 3.25. The Bertz CT molecular complexity index is 1310. The molecule has 41 heavy (non-hydrogen) atoms. The van der Waals surface area contributed by atoms with Gasteiger partial charge < -0.3 is 24.3 Å². The number of nitrogens with one attached hydrogen (secondary N) is 1. The third-order valence-electron chi connectivity index (χ3n) is 6.17. The van der Waals surface area contributed by atoms with Crippen molar-refractivity contribution in [3.8, 4) is 22.6 Å². The Labute approximate surface area is 252 Å². The van der Waals surface area contributed by atoms with Crippen molar-refractivity contribution in [1.29, 1.82) is 0 Å². The first-order valence-electron chi connectivity index (χ1n) is 13.4. The number of benzene rings is 3. The van der Waals surface area contributed by atoms with Crippen molar-refractivity contribution in [1.82, 2.24) is 5.32 Å². The second kappa shape index (κ2) is 14.6. The third kappa shape index (κ3) is 8.86. The predicted molar refractivity (Wildman–Crippen MR) is 162 cm³/mol. The largest absolute Gasteiger partial charge is 0.496 e. The lowest BCUT2D eigenvalue weighted by molar-refractivity contribution is -0.157. The molecular weight excluding hydrogens is 565 g/mol. The number of halogens is 2. The maximum atomic E-state index is 13.1. The molecule has 3 aromatic rings. The average Bonchev–Trinajstić information content (AvgIpc) is 2.91. The Kier molecular flexibility index (Phi) is 11.5. The highest BCUT2D eigenvalue weighted by Gasteiger charge is 2.29. The number of carbonyl (C=O) groups is 2. The van der Waals surface area contributed by atoms with Crippen LogP contribution in [0.15, 0.2) is 54.6 Å². The van der Waals surface area contributed by atoms with Gasteiger partial charge in [0.25, 0.3) is 5.91 Å². The van der Waals surface area contributed by atoms with Crippen LogP contribution in [0, 0.1) is 0 Å². The van der Waals surface area contributed by atoms with Gasteiger partial charge in [-0.1, -0.05) is 53.5 Å². The molecule has 220 valence electrons. The van der Waals surface area contributed by atoms with Gasteiger partial charge in [-0.05, 0) is 75.1 Å². The Balaban J connectivity index is 1.89. The summed E-state index contributed by atoms with van der Waals surface area (Å²) in [5.74, 6) is 0.231. The van der Waals surface area contributed by atoms with Crippen LogP contribution in [0.25, 0.3) is 11.1 Å². The van der Waals surface area contributed by atoms with Gasteiger partial charge in [0, 0.05) is 13.0 Å². The second-order valence-corrected chi connectivity index (χ2v) is 11.2. The van der Waals surface area contributed by atoms with E-state index in [2.05, 4.69) is 5.32 Å². The molecule has 9 heteroatoms. The van der Waals surface area contributed by atoms with Crippen LogP contribution in [0.1, 0.15) is 49.2 Å². The standard InChI is InChI=1S/C32H37Cl2NO6/c1-7-40-16-15-21-18-26(38-5)28(27(19-21)39-6)22-13-11-20(12-14-22)17-25(31(37)41-32(2,3)4)35-30(36)29-23(33)9-8-10-24(29)34/h8-14,18-19,25H,7,15-17H2,1-6H3,(H,35,36)/t25-/m0/s1. The van der Waals surface area contributed by atoms with Crippen LogP contribution >= 0.6 is 23.2 Å². The molecule has 0 unspecified atom stereocenters. The summed E-state index contributed by atoms with van der Waals surface area (Å²) in [5, 5.41) is 3.14. The Morgan fingerprint density at radius 1 is 0.902 bits per heavy atom. The molecule has 3 rings (SSSR count). The minimum atomic E-state index is -0.978. The predicted octanol–water partition coefficient (Wildman–Crippen LogP) is 6.94. The fraction of sp³-hybridized carbons (Fsp3) is 0.375. The summed E-state index contributed by atoms with van der Waals surface area (Å²) in [6.45, 7) is 8.54. The number of carbonyl (C=O) groups excluding carboxylic acids is 2. The molecule has 0 aliphatic heterocycles. The lowest BCUT2D eigenvalue weighted by atomic mass is 9.97.